The Morgan fingerprint density at radius 1 is 1.13 bits per heavy atom. The molecule has 0 fully saturated rings. The van der Waals surface area contributed by atoms with Gasteiger partial charge in [0.15, 0.2) is 11.5 Å². The summed E-state index contributed by atoms with van der Waals surface area (Å²) in [7, 11) is -2.22. The molecule has 0 unspecified atom stereocenters. The molecule has 6 nitrogen and oxygen atoms in total. The summed E-state index contributed by atoms with van der Waals surface area (Å²) in [5.74, 6) is 0.584. The van der Waals surface area contributed by atoms with Crippen molar-refractivity contribution < 1.29 is 22.3 Å². The van der Waals surface area contributed by atoms with Gasteiger partial charge in [0.2, 0.25) is 10.0 Å². The molecule has 0 saturated carbocycles. The van der Waals surface area contributed by atoms with E-state index in [1.54, 1.807) is 24.3 Å². The fourth-order valence-electron chi connectivity index (χ4n) is 2.81. The molecular weight excluding hydrogens is 511 g/mol. The first-order valence-electron chi connectivity index (χ1n) is 8.98. The first-order chi connectivity index (χ1) is 14.7. The summed E-state index contributed by atoms with van der Waals surface area (Å²) < 4.78 is 48.3. The fourth-order valence-corrected chi connectivity index (χ4v) is 4.00. The van der Waals surface area contributed by atoms with Crippen LogP contribution in [0, 0.1) is 5.82 Å². The van der Waals surface area contributed by atoms with Crippen molar-refractivity contribution >= 4 is 43.2 Å². The molecule has 31 heavy (non-hydrogen) atoms. The van der Waals surface area contributed by atoms with Crippen LogP contribution in [0.15, 0.2) is 64.0 Å². The van der Waals surface area contributed by atoms with E-state index in [2.05, 4.69) is 21.2 Å². The molecule has 0 aliphatic rings. The van der Waals surface area contributed by atoms with E-state index < -0.39 is 15.8 Å². The van der Waals surface area contributed by atoms with Gasteiger partial charge < -0.3 is 14.8 Å². The lowest BCUT2D eigenvalue weighted by Crippen LogP contribution is -2.12. The minimum atomic E-state index is -3.76. The van der Waals surface area contributed by atoms with Crippen LogP contribution < -0.4 is 19.9 Å². The standard InChI is InChI=1S/C21H19BrClFN2O4S/c1-29-20-9-8-18(22)17(11-26-15-4-6-16(7-5-15)31(25,27)28)21(20)30-12-13-2-3-14(24)10-19(13)23/h2-10,26H,11-12H2,1H3,(H2,25,27,28). The Morgan fingerprint density at radius 3 is 2.45 bits per heavy atom. The predicted molar refractivity (Wildman–Crippen MR) is 122 cm³/mol. The van der Waals surface area contributed by atoms with Crippen molar-refractivity contribution in [2.45, 2.75) is 18.0 Å². The zero-order chi connectivity index (χ0) is 22.6. The van der Waals surface area contributed by atoms with Gasteiger partial charge in [-0.3, -0.25) is 0 Å². The van der Waals surface area contributed by atoms with Crippen molar-refractivity contribution in [1.29, 1.82) is 0 Å². The molecule has 0 saturated heterocycles. The van der Waals surface area contributed by atoms with E-state index in [-0.39, 0.29) is 16.5 Å². The van der Waals surface area contributed by atoms with Crippen molar-refractivity contribution in [2.24, 2.45) is 5.14 Å². The van der Waals surface area contributed by atoms with Crippen molar-refractivity contribution in [3.05, 3.63) is 81.0 Å². The number of nitrogens with two attached hydrogens (primary N) is 1. The van der Waals surface area contributed by atoms with E-state index >= 15 is 0 Å². The highest BCUT2D eigenvalue weighted by molar-refractivity contribution is 9.10. The van der Waals surface area contributed by atoms with Crippen LogP contribution in [0.3, 0.4) is 0 Å². The molecule has 0 radical (unpaired) electrons. The molecule has 0 aliphatic heterocycles. The number of ether oxygens (including phenoxy) is 2. The zero-order valence-electron chi connectivity index (χ0n) is 16.4. The van der Waals surface area contributed by atoms with Crippen molar-refractivity contribution in [1.82, 2.24) is 0 Å². The lowest BCUT2D eigenvalue weighted by Gasteiger charge is -2.18. The SMILES string of the molecule is COc1ccc(Br)c(CNc2ccc(S(N)(=O)=O)cc2)c1OCc1ccc(F)cc1Cl. The van der Waals surface area contributed by atoms with Crippen LogP contribution in [0.25, 0.3) is 0 Å². The summed E-state index contributed by atoms with van der Waals surface area (Å²) >= 11 is 9.63. The summed E-state index contributed by atoms with van der Waals surface area (Å²) in [5.41, 5.74) is 2.09. The Balaban J connectivity index is 1.82. The number of nitrogens with one attached hydrogen (secondary N) is 1. The second-order valence-corrected chi connectivity index (χ2v) is 9.33. The Bertz CT molecular complexity index is 1190. The smallest absolute Gasteiger partial charge is 0.238 e. The van der Waals surface area contributed by atoms with Crippen LogP contribution in [-0.4, -0.2) is 15.5 Å². The lowest BCUT2D eigenvalue weighted by atomic mass is 10.1. The number of anilines is 1. The van der Waals surface area contributed by atoms with E-state index in [4.69, 9.17) is 26.2 Å². The zero-order valence-corrected chi connectivity index (χ0v) is 19.5. The molecule has 0 amide bonds. The number of benzene rings is 3. The first-order valence-corrected chi connectivity index (χ1v) is 11.7. The van der Waals surface area contributed by atoms with Crippen molar-refractivity contribution in [3.63, 3.8) is 0 Å². The average molecular weight is 530 g/mol. The Hall–Kier alpha value is -2.33. The summed E-state index contributed by atoms with van der Waals surface area (Å²) in [6.45, 7) is 0.459. The van der Waals surface area contributed by atoms with Gasteiger partial charge in [0.1, 0.15) is 12.4 Å². The Labute approximate surface area is 193 Å². The van der Waals surface area contributed by atoms with Gasteiger partial charge in [0, 0.05) is 27.8 Å². The highest BCUT2D eigenvalue weighted by Gasteiger charge is 2.16. The van der Waals surface area contributed by atoms with Crippen LogP contribution in [0.2, 0.25) is 5.02 Å². The molecule has 3 aromatic rings. The lowest BCUT2D eigenvalue weighted by molar-refractivity contribution is 0.281. The van der Waals surface area contributed by atoms with E-state index in [1.165, 1.54) is 31.4 Å². The molecule has 0 atom stereocenters. The van der Waals surface area contributed by atoms with Crippen LogP contribution in [0.5, 0.6) is 11.5 Å². The normalized spacial score (nSPS) is 11.3. The minimum absolute atomic E-state index is 0.0285. The second-order valence-electron chi connectivity index (χ2n) is 6.50. The number of hydrogen-bond acceptors (Lipinski definition) is 5. The fraction of sp³-hybridized carbons (Fsp3) is 0.143. The number of sulfonamides is 1. The Kier molecular flexibility index (Phi) is 7.42. The summed E-state index contributed by atoms with van der Waals surface area (Å²) in [6, 6.07) is 13.8. The average Bonchev–Trinajstić information content (AvgIpc) is 2.72. The summed E-state index contributed by atoms with van der Waals surface area (Å²) in [6.07, 6.45) is 0. The third kappa shape index (κ3) is 5.88. The van der Waals surface area contributed by atoms with Gasteiger partial charge in [0.05, 0.1) is 17.0 Å². The van der Waals surface area contributed by atoms with Crippen molar-refractivity contribution in [3.8, 4) is 11.5 Å². The van der Waals surface area contributed by atoms with Gasteiger partial charge in [-0.25, -0.2) is 17.9 Å². The molecule has 0 heterocycles. The van der Waals surface area contributed by atoms with Gasteiger partial charge in [-0.05, 0) is 48.5 Å². The molecule has 0 aromatic heterocycles. The van der Waals surface area contributed by atoms with Gasteiger partial charge in [-0.2, -0.15) is 0 Å². The number of hydrogen-bond donors (Lipinski definition) is 2. The molecule has 3 aromatic carbocycles. The number of methoxy groups -OCH3 is 1. The molecule has 10 heteroatoms. The molecule has 0 aliphatic carbocycles. The number of primary sulfonamides is 1. The van der Waals surface area contributed by atoms with Crippen LogP contribution >= 0.6 is 27.5 Å². The van der Waals surface area contributed by atoms with E-state index in [1.807, 2.05) is 6.07 Å². The summed E-state index contributed by atoms with van der Waals surface area (Å²) in [5, 5.41) is 8.61. The Morgan fingerprint density at radius 2 is 1.84 bits per heavy atom. The second kappa shape index (κ2) is 9.86. The topological polar surface area (TPSA) is 90.6 Å². The maximum Gasteiger partial charge on any atom is 0.238 e. The molecule has 0 spiro atoms. The van der Waals surface area contributed by atoms with Crippen LogP contribution in [0.1, 0.15) is 11.1 Å². The quantitative estimate of drug-likeness (QED) is 0.424. The molecule has 0 bridgehead atoms. The van der Waals surface area contributed by atoms with E-state index in [0.717, 1.165) is 10.0 Å². The maximum absolute atomic E-state index is 13.3. The predicted octanol–water partition coefficient (Wildman–Crippen LogP) is 5.09. The molecular formula is C21H19BrClFN2O4S. The van der Waals surface area contributed by atoms with Crippen LogP contribution in [-0.2, 0) is 23.2 Å². The number of rotatable bonds is 8. The molecule has 3 rings (SSSR count). The molecule has 3 N–H and O–H groups in total. The first kappa shape index (κ1) is 23.3. The maximum atomic E-state index is 13.3. The highest BCUT2D eigenvalue weighted by Crippen LogP contribution is 2.37. The van der Waals surface area contributed by atoms with Crippen LogP contribution in [0.4, 0.5) is 10.1 Å². The van der Waals surface area contributed by atoms with Gasteiger partial charge in [-0.15, -0.1) is 0 Å². The minimum Gasteiger partial charge on any atom is -0.493 e. The van der Waals surface area contributed by atoms with Gasteiger partial charge in [-0.1, -0.05) is 33.6 Å². The van der Waals surface area contributed by atoms with E-state index in [9.17, 15) is 12.8 Å². The third-order valence-electron chi connectivity index (χ3n) is 4.43. The van der Waals surface area contributed by atoms with E-state index in [0.29, 0.717) is 29.3 Å². The third-order valence-corrected chi connectivity index (χ3v) is 6.45. The van der Waals surface area contributed by atoms with Crippen molar-refractivity contribution in [2.75, 3.05) is 12.4 Å². The van der Waals surface area contributed by atoms with Gasteiger partial charge >= 0.3 is 0 Å². The molecule has 164 valence electrons. The number of halogens is 3. The summed E-state index contributed by atoms with van der Waals surface area (Å²) in [4.78, 5) is 0.0285. The van der Waals surface area contributed by atoms with Gasteiger partial charge in [0.25, 0.3) is 0 Å². The highest BCUT2D eigenvalue weighted by atomic mass is 79.9. The monoisotopic (exact) mass is 528 g/mol. The largest absolute Gasteiger partial charge is 0.493 e.